The van der Waals surface area contributed by atoms with Crippen molar-refractivity contribution < 1.29 is 26.0 Å². The normalized spacial score (nSPS) is 15.7. The molecule has 5 nitrogen and oxygen atoms in total. The number of benzene rings is 3. The highest BCUT2D eigenvalue weighted by Gasteiger charge is 2.07. The van der Waals surface area contributed by atoms with Crippen molar-refractivity contribution in [3.05, 3.63) is 88.8 Å². The molecule has 3 rings (SSSR count). The quantitative estimate of drug-likeness (QED) is 0.386. The molecule has 0 aromatic heterocycles. The van der Waals surface area contributed by atoms with Crippen LogP contribution in [0.1, 0.15) is 33.0 Å². The number of hydrogen-bond acceptors (Lipinski definition) is 4. The monoisotopic (exact) mass is 418 g/mol. The number of carboxylic acids is 1. The summed E-state index contributed by atoms with van der Waals surface area (Å²) in [6, 6.07) is 2.47. The number of aliphatic hydroxyl groups is 1. The highest BCUT2D eigenvalue weighted by Crippen LogP contribution is 2.23. The Bertz CT molecular complexity index is 1340. The molecule has 4 N–H and O–H groups in total. The molecule has 0 heterocycles. The molecule has 0 bridgehead atoms. The van der Waals surface area contributed by atoms with Crippen molar-refractivity contribution in [1.82, 2.24) is 5.32 Å². The third kappa shape index (κ3) is 6.06. The van der Waals surface area contributed by atoms with Gasteiger partial charge in [-0.25, -0.2) is 4.79 Å². The van der Waals surface area contributed by atoms with Crippen molar-refractivity contribution >= 4 is 23.3 Å². The Labute approximate surface area is 186 Å². The van der Waals surface area contributed by atoms with Crippen LogP contribution in [0.3, 0.4) is 0 Å². The van der Waals surface area contributed by atoms with Gasteiger partial charge < -0.3 is 20.8 Å². The summed E-state index contributed by atoms with van der Waals surface area (Å²) in [5.41, 5.74) is 0.0417. The first kappa shape index (κ1) is 12.6. The lowest BCUT2D eigenvalue weighted by molar-refractivity contribution is 0.0697. The molecule has 3 aromatic rings. The lowest BCUT2D eigenvalue weighted by atomic mass is 10.0. The summed E-state index contributed by atoms with van der Waals surface area (Å²) < 4.78 is 64.4. The van der Waals surface area contributed by atoms with Crippen LogP contribution in [0.5, 0.6) is 0 Å². The molecule has 0 aliphatic carbocycles. The van der Waals surface area contributed by atoms with Gasteiger partial charge in [0.1, 0.15) is 0 Å². The van der Waals surface area contributed by atoms with Crippen molar-refractivity contribution in [1.29, 1.82) is 0 Å². The summed E-state index contributed by atoms with van der Waals surface area (Å²) in [5, 5.41) is 25.1. The van der Waals surface area contributed by atoms with E-state index in [1.54, 1.807) is 0 Å². The maximum atomic E-state index is 11.3. The fourth-order valence-corrected chi connectivity index (χ4v) is 2.65. The average molecular weight is 419 g/mol. The van der Waals surface area contributed by atoms with Crippen LogP contribution in [0.15, 0.2) is 72.6 Å². The third-order valence-corrected chi connectivity index (χ3v) is 4.10. The van der Waals surface area contributed by atoms with E-state index in [1.165, 1.54) is 24.3 Å². The molecule has 6 heteroatoms. The topological polar surface area (TPSA) is 81.6 Å². The summed E-state index contributed by atoms with van der Waals surface area (Å²) in [6.07, 6.45) is -1.35. The maximum absolute atomic E-state index is 11.3. The number of carbonyl (C=O) groups is 1. The van der Waals surface area contributed by atoms with Crippen LogP contribution >= 0.6 is 11.6 Å². The van der Waals surface area contributed by atoms with E-state index in [4.69, 9.17) is 22.6 Å². The number of aromatic carboxylic acids is 1. The number of hydrogen-bond donors (Lipinski definition) is 4. The third-order valence-electron chi connectivity index (χ3n) is 3.91. The van der Waals surface area contributed by atoms with Gasteiger partial charge in [0.2, 0.25) is 0 Å². The van der Waals surface area contributed by atoms with Crippen LogP contribution in [0.4, 0.5) is 5.69 Å². The second kappa shape index (κ2) is 10.1. The number of anilines is 1. The van der Waals surface area contributed by atoms with Crippen LogP contribution in [-0.4, -0.2) is 35.8 Å². The van der Waals surface area contributed by atoms with E-state index in [0.717, 1.165) is 0 Å². The van der Waals surface area contributed by atoms with E-state index in [0.29, 0.717) is 0 Å². The summed E-state index contributed by atoms with van der Waals surface area (Å²) in [4.78, 5) is 11.3. The molecule has 29 heavy (non-hydrogen) atoms. The maximum Gasteiger partial charge on any atom is 0.335 e. The minimum Gasteiger partial charge on any atom is -0.478 e. The molecule has 0 aliphatic heterocycles. The SMILES string of the molecule is [2H]c1c([2H])c(NCCNC[C@H](O)c2c([2H])c([2H])c([2H])c(Cl)c2[2H])c([2H])c(-c2cccc(C(=O)O)c2)c1[2H]. The van der Waals surface area contributed by atoms with Gasteiger partial charge in [0.05, 0.1) is 22.6 Å². The van der Waals surface area contributed by atoms with Gasteiger partial charge in [-0.3, -0.25) is 0 Å². The first-order chi connectivity index (χ1) is 17.4. The molecule has 0 aliphatic rings. The number of halogens is 1. The smallest absolute Gasteiger partial charge is 0.335 e. The highest BCUT2D eigenvalue weighted by atomic mass is 35.5. The van der Waals surface area contributed by atoms with Crippen molar-refractivity contribution in [3.63, 3.8) is 0 Å². The van der Waals surface area contributed by atoms with Gasteiger partial charge >= 0.3 is 5.97 Å². The molecule has 0 saturated carbocycles. The number of aliphatic hydroxyl groups excluding tert-OH is 1. The fraction of sp³-hybridized carbons (Fsp3) is 0.174. The van der Waals surface area contributed by atoms with Crippen LogP contribution in [0.25, 0.3) is 11.1 Å². The minimum atomic E-state index is -1.35. The Kier molecular flexibility index (Phi) is 4.39. The number of carboxylic acid groups (broad SMARTS) is 1. The molecule has 0 unspecified atom stereocenters. The molecule has 0 radical (unpaired) electrons. The molecule has 150 valence electrons. The van der Waals surface area contributed by atoms with Crippen molar-refractivity contribution in [2.75, 3.05) is 25.0 Å². The molecule has 0 saturated heterocycles. The van der Waals surface area contributed by atoms with Crippen LogP contribution in [0, 0.1) is 0 Å². The van der Waals surface area contributed by atoms with E-state index in [-0.39, 0.29) is 70.7 Å². The largest absolute Gasteiger partial charge is 0.478 e. The standard InChI is InChI=1S/C23H23ClN2O3/c24-20-8-2-6-18(13-20)22(27)15-25-10-11-26-21-9-3-5-17(14-21)16-4-1-7-19(12-16)23(28)29/h1-9,12-14,22,25-27H,10-11,15H2,(H,28,29)/t22-/m0/s1/i2D,3D,5D,6D,8D,9D,13D,14D. The molecule has 0 spiro atoms. The van der Waals surface area contributed by atoms with Gasteiger partial charge in [0.15, 0.2) is 0 Å². The van der Waals surface area contributed by atoms with Crippen LogP contribution in [-0.2, 0) is 0 Å². The van der Waals surface area contributed by atoms with Crippen LogP contribution in [0.2, 0.25) is 5.02 Å². The lowest BCUT2D eigenvalue weighted by Crippen LogP contribution is -2.26. The van der Waals surface area contributed by atoms with Crippen LogP contribution < -0.4 is 10.6 Å². The molecule has 3 aromatic carbocycles. The second-order valence-electron chi connectivity index (χ2n) is 6.01. The predicted octanol–water partition coefficient (Wildman–Crippen LogP) is 4.44. The van der Waals surface area contributed by atoms with E-state index < -0.39 is 42.3 Å². The zero-order valence-corrected chi connectivity index (χ0v) is 15.9. The van der Waals surface area contributed by atoms with Gasteiger partial charge in [-0.1, -0.05) is 47.9 Å². The van der Waals surface area contributed by atoms with Gasteiger partial charge in [-0.15, -0.1) is 0 Å². The summed E-state index contributed by atoms with van der Waals surface area (Å²) in [5.74, 6) is -1.18. The minimum absolute atomic E-state index is 0.0156. The second-order valence-corrected chi connectivity index (χ2v) is 6.39. The molecular formula is C23H23ClN2O3. The Morgan fingerprint density at radius 3 is 2.76 bits per heavy atom. The van der Waals surface area contributed by atoms with E-state index >= 15 is 0 Å². The summed E-state index contributed by atoms with van der Waals surface area (Å²) >= 11 is 5.88. The fourth-order valence-electron chi connectivity index (χ4n) is 2.50. The first-order valence-electron chi connectivity index (χ1n) is 12.7. The van der Waals surface area contributed by atoms with Gasteiger partial charge in [-0.05, 0) is 53.0 Å². The Morgan fingerprint density at radius 2 is 1.93 bits per heavy atom. The first-order valence-corrected chi connectivity index (χ1v) is 9.08. The summed E-state index contributed by atoms with van der Waals surface area (Å²) in [7, 11) is 0. The molecular weight excluding hydrogens is 388 g/mol. The summed E-state index contributed by atoms with van der Waals surface area (Å²) in [6.45, 7) is 0.207. The lowest BCUT2D eigenvalue weighted by Gasteiger charge is -2.13. The highest BCUT2D eigenvalue weighted by molar-refractivity contribution is 6.30. The number of rotatable bonds is 9. The van der Waals surface area contributed by atoms with Gasteiger partial charge in [-0.2, -0.15) is 0 Å². The van der Waals surface area contributed by atoms with Crippen molar-refractivity contribution in [2.45, 2.75) is 6.10 Å². The van der Waals surface area contributed by atoms with E-state index in [9.17, 15) is 15.0 Å². The van der Waals surface area contributed by atoms with Crippen molar-refractivity contribution in [2.24, 2.45) is 0 Å². The molecule has 0 amide bonds. The average Bonchev–Trinajstić information content (AvgIpc) is 2.87. The molecule has 0 fully saturated rings. The molecule has 1 atom stereocenters. The Balaban J connectivity index is 1.74. The van der Waals surface area contributed by atoms with E-state index in [2.05, 4.69) is 10.6 Å². The van der Waals surface area contributed by atoms with Gasteiger partial charge in [0, 0.05) is 30.3 Å². The zero-order valence-electron chi connectivity index (χ0n) is 23.2. The Hall–Kier alpha value is -2.86. The zero-order chi connectivity index (χ0) is 27.6. The van der Waals surface area contributed by atoms with Crippen molar-refractivity contribution in [3.8, 4) is 11.1 Å². The van der Waals surface area contributed by atoms with E-state index in [1.807, 2.05) is 0 Å². The van der Waals surface area contributed by atoms with Gasteiger partial charge in [0.25, 0.3) is 0 Å². The Morgan fingerprint density at radius 1 is 1.10 bits per heavy atom. The predicted molar refractivity (Wildman–Crippen MR) is 117 cm³/mol. The number of nitrogens with one attached hydrogen (secondary N) is 2.